The van der Waals surface area contributed by atoms with Crippen molar-refractivity contribution in [2.45, 2.75) is 13.1 Å². The third-order valence-corrected chi connectivity index (χ3v) is 1.11. The van der Waals surface area contributed by atoms with Crippen LogP contribution in [0.4, 0.5) is 13.2 Å². The van der Waals surface area contributed by atoms with Gasteiger partial charge in [-0.3, -0.25) is 10.3 Å². The molecule has 0 fully saturated rings. The number of alkyl halides is 3. The minimum atomic E-state index is -4.43. The van der Waals surface area contributed by atoms with E-state index < -0.39 is 12.7 Å². The van der Waals surface area contributed by atoms with E-state index in [-0.39, 0.29) is 10.8 Å². The molecule has 0 bridgehead atoms. The van der Waals surface area contributed by atoms with Gasteiger partial charge in [-0.1, -0.05) is 6.08 Å². The first-order chi connectivity index (χ1) is 5.85. The van der Waals surface area contributed by atoms with Crippen molar-refractivity contribution in [1.29, 1.82) is 0 Å². The molecule has 0 aliphatic rings. The van der Waals surface area contributed by atoms with Crippen molar-refractivity contribution >= 4 is 0 Å². The van der Waals surface area contributed by atoms with Crippen LogP contribution in [0.15, 0.2) is 24.0 Å². The maximum Gasteiger partial charge on any atom is 0.408 e. The molecule has 13 heavy (non-hydrogen) atoms. The maximum absolute atomic E-state index is 11.6. The molecule has 0 radical (unpaired) electrons. The molecular weight excluding hydrogens is 185 g/mol. The second-order valence-corrected chi connectivity index (χ2v) is 2.32. The average molecular weight is 196 g/mol. The number of allylic oxidation sites excluding steroid dienone is 2. The van der Waals surface area contributed by atoms with E-state index in [0.29, 0.717) is 0 Å². The fraction of sp³-hybridized carbons (Fsp3) is 0.429. The molecular formula is C7H11F3N2O. The Labute approximate surface area is 73.9 Å². The number of hydrogen-bond acceptors (Lipinski definition) is 3. The number of nitrogens with two attached hydrogens (primary N) is 1. The molecule has 0 saturated heterocycles. The van der Waals surface area contributed by atoms with Gasteiger partial charge in [0.1, 0.15) is 6.54 Å². The first-order valence-corrected chi connectivity index (χ1v) is 3.47. The van der Waals surface area contributed by atoms with Gasteiger partial charge in [-0.05, 0) is 13.0 Å². The quantitative estimate of drug-likeness (QED) is 0.532. The highest BCUT2D eigenvalue weighted by molar-refractivity contribution is 5.12. The van der Waals surface area contributed by atoms with E-state index >= 15 is 0 Å². The fourth-order valence-electron chi connectivity index (χ4n) is 0.505. The zero-order chi connectivity index (χ0) is 10.5. The van der Waals surface area contributed by atoms with Crippen LogP contribution in [-0.2, 0) is 0 Å². The molecule has 0 rings (SSSR count). The van der Waals surface area contributed by atoms with Crippen molar-refractivity contribution in [3.05, 3.63) is 24.0 Å². The molecule has 0 aliphatic heterocycles. The van der Waals surface area contributed by atoms with Gasteiger partial charge < -0.3 is 5.73 Å². The molecule has 0 unspecified atom stereocenters. The van der Waals surface area contributed by atoms with Crippen LogP contribution in [0, 0.1) is 0 Å². The standard InChI is InChI=1S/C7H11F3N2O/c1-2-6(11)3-4-12(13)5-7(8,9)10/h2-4,13H,5,11H2,1H3/b4-3-,6-2+. The molecule has 3 N–H and O–H groups in total. The summed E-state index contributed by atoms with van der Waals surface area (Å²) in [7, 11) is 0. The molecule has 0 atom stereocenters. The predicted molar refractivity (Wildman–Crippen MR) is 41.6 cm³/mol. The number of rotatable bonds is 3. The highest BCUT2D eigenvalue weighted by Gasteiger charge is 2.29. The van der Waals surface area contributed by atoms with E-state index in [2.05, 4.69) is 0 Å². The van der Waals surface area contributed by atoms with E-state index in [9.17, 15) is 13.2 Å². The fourth-order valence-corrected chi connectivity index (χ4v) is 0.505. The molecule has 6 heteroatoms. The van der Waals surface area contributed by atoms with E-state index in [0.717, 1.165) is 6.20 Å². The van der Waals surface area contributed by atoms with Gasteiger partial charge in [-0.2, -0.15) is 13.2 Å². The van der Waals surface area contributed by atoms with Gasteiger partial charge in [0.2, 0.25) is 0 Å². The smallest absolute Gasteiger partial charge is 0.399 e. The molecule has 0 aromatic heterocycles. The molecule has 0 heterocycles. The zero-order valence-electron chi connectivity index (χ0n) is 7.04. The Bertz CT molecular complexity index is 210. The van der Waals surface area contributed by atoms with Gasteiger partial charge >= 0.3 is 6.18 Å². The molecule has 0 saturated carbocycles. The summed E-state index contributed by atoms with van der Waals surface area (Å²) in [6, 6.07) is 0. The number of hydroxylamine groups is 2. The van der Waals surface area contributed by atoms with E-state index in [1.165, 1.54) is 12.2 Å². The Hall–Kier alpha value is -1.17. The van der Waals surface area contributed by atoms with Crippen LogP contribution in [-0.4, -0.2) is 23.0 Å². The largest absolute Gasteiger partial charge is 0.408 e. The molecule has 0 spiro atoms. The lowest BCUT2D eigenvalue weighted by Gasteiger charge is -2.13. The minimum absolute atomic E-state index is 0.0242. The Kier molecular flexibility index (Phi) is 4.33. The molecule has 0 amide bonds. The Morgan fingerprint density at radius 3 is 2.46 bits per heavy atom. The van der Waals surface area contributed by atoms with Crippen LogP contribution < -0.4 is 5.73 Å². The maximum atomic E-state index is 11.6. The van der Waals surface area contributed by atoms with Gasteiger partial charge in [-0.25, -0.2) is 0 Å². The predicted octanol–water partition coefficient (Wildman–Crippen LogP) is 1.62. The van der Waals surface area contributed by atoms with Crippen molar-refractivity contribution in [1.82, 2.24) is 5.06 Å². The van der Waals surface area contributed by atoms with E-state index in [1.54, 1.807) is 6.92 Å². The first kappa shape index (κ1) is 11.8. The van der Waals surface area contributed by atoms with Crippen molar-refractivity contribution in [2.75, 3.05) is 6.54 Å². The SMILES string of the molecule is C/C=C(N)\C=C/N(O)CC(F)(F)F. The lowest BCUT2D eigenvalue weighted by Crippen LogP contribution is -2.27. The van der Waals surface area contributed by atoms with Crippen molar-refractivity contribution in [3.8, 4) is 0 Å². The normalized spacial score (nSPS) is 13.8. The highest BCUT2D eigenvalue weighted by atomic mass is 19.4. The van der Waals surface area contributed by atoms with Crippen LogP contribution in [0.1, 0.15) is 6.92 Å². The summed E-state index contributed by atoms with van der Waals surface area (Å²) < 4.78 is 34.9. The first-order valence-electron chi connectivity index (χ1n) is 3.47. The van der Waals surface area contributed by atoms with Crippen LogP contribution >= 0.6 is 0 Å². The summed E-state index contributed by atoms with van der Waals surface area (Å²) >= 11 is 0. The summed E-state index contributed by atoms with van der Waals surface area (Å²) in [5.41, 5.74) is 5.52. The summed E-state index contributed by atoms with van der Waals surface area (Å²) in [4.78, 5) is 0. The minimum Gasteiger partial charge on any atom is -0.399 e. The van der Waals surface area contributed by atoms with Crippen LogP contribution in [0.25, 0.3) is 0 Å². The van der Waals surface area contributed by atoms with Crippen LogP contribution in [0.5, 0.6) is 0 Å². The average Bonchev–Trinajstić information content (AvgIpc) is 1.97. The number of halogens is 3. The molecule has 3 nitrogen and oxygen atoms in total. The van der Waals surface area contributed by atoms with Gasteiger partial charge in [-0.15, -0.1) is 0 Å². The van der Waals surface area contributed by atoms with Gasteiger partial charge in [0, 0.05) is 11.9 Å². The monoisotopic (exact) mass is 196 g/mol. The summed E-state index contributed by atoms with van der Waals surface area (Å²) in [6.07, 6.45) is -0.906. The van der Waals surface area contributed by atoms with E-state index in [4.69, 9.17) is 10.9 Å². The summed E-state index contributed by atoms with van der Waals surface area (Å²) in [5, 5.41) is 8.70. The Balaban J connectivity index is 4.02. The number of nitrogens with zero attached hydrogens (tertiary/aromatic N) is 1. The third kappa shape index (κ3) is 7.20. The second kappa shape index (κ2) is 4.76. The molecule has 0 aromatic rings. The van der Waals surface area contributed by atoms with Gasteiger partial charge in [0.25, 0.3) is 0 Å². The summed E-state index contributed by atoms with van der Waals surface area (Å²) in [6.45, 7) is 0.214. The molecule has 76 valence electrons. The number of hydrogen-bond donors (Lipinski definition) is 2. The van der Waals surface area contributed by atoms with Gasteiger partial charge in [0.15, 0.2) is 0 Å². The van der Waals surface area contributed by atoms with Crippen LogP contribution in [0.2, 0.25) is 0 Å². The summed E-state index contributed by atoms with van der Waals surface area (Å²) in [5.74, 6) is 0. The highest BCUT2D eigenvalue weighted by Crippen LogP contribution is 2.15. The van der Waals surface area contributed by atoms with Crippen LogP contribution in [0.3, 0.4) is 0 Å². The molecule has 0 aromatic carbocycles. The topological polar surface area (TPSA) is 49.5 Å². The lowest BCUT2D eigenvalue weighted by atomic mass is 10.4. The lowest BCUT2D eigenvalue weighted by molar-refractivity contribution is -0.189. The zero-order valence-corrected chi connectivity index (χ0v) is 7.04. The molecule has 0 aliphatic carbocycles. The Morgan fingerprint density at radius 1 is 1.54 bits per heavy atom. The third-order valence-electron chi connectivity index (χ3n) is 1.11. The van der Waals surface area contributed by atoms with Crippen molar-refractivity contribution < 1.29 is 18.4 Å². The van der Waals surface area contributed by atoms with E-state index in [1.807, 2.05) is 0 Å². The van der Waals surface area contributed by atoms with Crippen molar-refractivity contribution in [2.24, 2.45) is 5.73 Å². The van der Waals surface area contributed by atoms with Crippen molar-refractivity contribution in [3.63, 3.8) is 0 Å². The van der Waals surface area contributed by atoms with Gasteiger partial charge in [0.05, 0.1) is 0 Å². The Morgan fingerprint density at radius 2 is 2.08 bits per heavy atom. The second-order valence-electron chi connectivity index (χ2n) is 2.32.